The molecular weight excluding hydrogens is 693 g/mol. The van der Waals surface area contributed by atoms with Crippen molar-refractivity contribution in [2.24, 2.45) is 11.8 Å². The molecule has 2 fully saturated rings. The number of hydrogen-bond donors (Lipinski definition) is 3. The van der Waals surface area contributed by atoms with E-state index in [1.54, 1.807) is 46.2 Å². The average molecular weight is 743 g/mol. The van der Waals surface area contributed by atoms with Crippen LogP contribution in [0.2, 0.25) is 0 Å². The molecule has 14 nitrogen and oxygen atoms in total. The maximum atomic E-state index is 12.8. The Hall–Kier alpha value is -5.86. The molecule has 2 aliphatic rings. The summed E-state index contributed by atoms with van der Waals surface area (Å²) in [5, 5.41) is 12.8. The number of H-pyrrole nitrogens is 2. The first-order valence-corrected chi connectivity index (χ1v) is 18.0. The van der Waals surface area contributed by atoms with Gasteiger partial charge in [-0.25, -0.2) is 19.0 Å². The third-order valence-electron chi connectivity index (χ3n) is 10.6. The van der Waals surface area contributed by atoms with Crippen molar-refractivity contribution in [2.45, 2.75) is 60.9 Å². The van der Waals surface area contributed by atoms with Crippen LogP contribution in [0.1, 0.15) is 68.9 Å². The summed E-state index contributed by atoms with van der Waals surface area (Å²) in [5.74, 6) is 3.92. The number of pyridine rings is 2. The molecule has 0 saturated carbocycles. The van der Waals surface area contributed by atoms with Crippen molar-refractivity contribution >= 4 is 11.0 Å². The fourth-order valence-electron chi connectivity index (χ4n) is 7.50. The molecule has 2 aliphatic heterocycles. The number of benzene rings is 1. The van der Waals surface area contributed by atoms with E-state index in [0.717, 1.165) is 60.8 Å². The lowest BCUT2D eigenvalue weighted by Crippen LogP contribution is -2.23. The molecular formula is C41H50N12O2. The molecule has 0 radical (unpaired) electrons. The van der Waals surface area contributed by atoms with Crippen LogP contribution < -0.4 is 16.4 Å². The maximum Gasteiger partial charge on any atom is 0.276 e. The van der Waals surface area contributed by atoms with Gasteiger partial charge in [0.15, 0.2) is 22.7 Å². The molecule has 55 heavy (non-hydrogen) atoms. The Morgan fingerprint density at radius 1 is 0.673 bits per heavy atom. The fraction of sp³-hybridized carbons (Fsp3) is 0.366. The number of likely N-dealkylation sites (tertiary alicyclic amines) is 1. The van der Waals surface area contributed by atoms with Crippen molar-refractivity contribution in [1.82, 2.24) is 59.3 Å². The van der Waals surface area contributed by atoms with Crippen molar-refractivity contribution < 1.29 is 0 Å². The van der Waals surface area contributed by atoms with Crippen LogP contribution in [0.15, 0.2) is 89.2 Å². The van der Waals surface area contributed by atoms with Crippen LogP contribution in [0.25, 0.3) is 33.8 Å². The van der Waals surface area contributed by atoms with Crippen molar-refractivity contribution in [3.8, 4) is 22.8 Å². The zero-order chi connectivity index (χ0) is 36.6. The van der Waals surface area contributed by atoms with Gasteiger partial charge in [-0.3, -0.25) is 24.5 Å². The molecule has 6 aromatic heterocycles. The summed E-state index contributed by atoms with van der Waals surface area (Å²) >= 11 is 0. The molecule has 2 saturated heterocycles. The zero-order valence-electron chi connectivity index (χ0n) is 30.2. The van der Waals surface area contributed by atoms with E-state index >= 15 is 0 Å². The Morgan fingerprint density at radius 2 is 1.22 bits per heavy atom. The largest absolute Gasteiger partial charge is 0.316 e. The lowest BCUT2D eigenvalue weighted by molar-refractivity contribution is 0.318. The Kier molecular flexibility index (Phi) is 11.5. The molecule has 4 unspecified atom stereocenters. The monoisotopic (exact) mass is 742 g/mol. The summed E-state index contributed by atoms with van der Waals surface area (Å²) in [6, 6.07) is 14.3. The minimum atomic E-state index is -0.158. The van der Waals surface area contributed by atoms with Crippen LogP contribution in [0.3, 0.4) is 0 Å². The first-order chi connectivity index (χ1) is 25.7. The van der Waals surface area contributed by atoms with Gasteiger partial charge in [-0.05, 0) is 61.1 Å². The lowest BCUT2D eigenvalue weighted by atomic mass is 9.97. The molecule has 286 valence electrons. The van der Waals surface area contributed by atoms with E-state index in [0.29, 0.717) is 40.3 Å². The van der Waals surface area contributed by atoms with Gasteiger partial charge in [0, 0.05) is 73.9 Å². The predicted molar refractivity (Wildman–Crippen MR) is 215 cm³/mol. The Balaban J connectivity index is 0.000000186. The Morgan fingerprint density at radius 3 is 1.73 bits per heavy atom. The van der Waals surface area contributed by atoms with Gasteiger partial charge in [-0.2, -0.15) is 10.2 Å². The van der Waals surface area contributed by atoms with Gasteiger partial charge < -0.3 is 15.3 Å². The fourth-order valence-corrected chi connectivity index (χ4v) is 7.50. The molecule has 0 aliphatic carbocycles. The van der Waals surface area contributed by atoms with Gasteiger partial charge >= 0.3 is 0 Å². The highest BCUT2D eigenvalue weighted by Crippen LogP contribution is 2.31. The second kappa shape index (κ2) is 16.2. The van der Waals surface area contributed by atoms with E-state index in [9.17, 15) is 9.59 Å². The number of rotatable bonds is 6. The number of fused-ring (bicyclic) bond motifs is 2. The normalized spacial score (nSPS) is 19.5. The quantitative estimate of drug-likeness (QED) is 0.201. The summed E-state index contributed by atoms with van der Waals surface area (Å²) in [7, 11) is 0. The Labute approximate surface area is 320 Å². The number of aromatic amines is 2. The standard InChI is InChI=1S/C23H24N6O.C16H18N6O.2CH4/c1-15-8-9-24-10-18(15)22-25-11-20-23(30)26-21(27-29(20)22)19-14-28(12-16(19)2)13-17-6-4-3-5-7-17;1-9-3-4-17-7-12(9)15-19-8-13-16(23)20-14(21-22(13)15)11-6-18-5-10(11)2;;/h3-11,16,19H,12-14H2,1-2H3,(H,26,27,30);3-4,7-8,10-11,18H,5-6H2,1-2H3,(H,20,21,23);2*1H4. The highest BCUT2D eigenvalue weighted by molar-refractivity contribution is 5.64. The van der Waals surface area contributed by atoms with Crippen LogP contribution in [-0.2, 0) is 6.54 Å². The minimum Gasteiger partial charge on any atom is -0.316 e. The van der Waals surface area contributed by atoms with Crippen LogP contribution in [0, 0.1) is 25.7 Å². The van der Waals surface area contributed by atoms with Crippen molar-refractivity contribution in [3.05, 3.63) is 129 Å². The molecule has 0 spiro atoms. The van der Waals surface area contributed by atoms with Crippen LogP contribution >= 0.6 is 0 Å². The number of imidazole rings is 2. The molecule has 3 N–H and O–H groups in total. The number of aryl methyl sites for hydroxylation is 2. The maximum absolute atomic E-state index is 12.8. The third kappa shape index (κ3) is 7.60. The van der Waals surface area contributed by atoms with Gasteiger partial charge in [0.2, 0.25) is 0 Å². The van der Waals surface area contributed by atoms with Crippen LogP contribution in [-0.4, -0.2) is 80.2 Å². The minimum absolute atomic E-state index is 0. The Bertz CT molecular complexity index is 2520. The van der Waals surface area contributed by atoms with Gasteiger partial charge in [-0.15, -0.1) is 0 Å². The molecule has 0 amide bonds. The summed E-state index contributed by atoms with van der Waals surface area (Å²) in [4.78, 5) is 50.8. The smallest absolute Gasteiger partial charge is 0.276 e. The molecule has 7 aromatic rings. The van der Waals surface area contributed by atoms with Gasteiger partial charge in [-0.1, -0.05) is 59.0 Å². The summed E-state index contributed by atoms with van der Waals surface area (Å²) in [6.45, 7) is 12.9. The molecule has 9 rings (SSSR count). The first-order valence-electron chi connectivity index (χ1n) is 18.0. The summed E-state index contributed by atoms with van der Waals surface area (Å²) in [5.41, 5.74) is 5.74. The van der Waals surface area contributed by atoms with Crippen LogP contribution in [0.5, 0.6) is 0 Å². The second-order valence-corrected chi connectivity index (χ2v) is 14.3. The first kappa shape index (κ1) is 38.9. The molecule has 0 bridgehead atoms. The van der Waals surface area contributed by atoms with Gasteiger partial charge in [0.25, 0.3) is 11.1 Å². The van der Waals surface area contributed by atoms with Gasteiger partial charge in [0.1, 0.15) is 11.6 Å². The number of nitrogens with zero attached hydrogens (tertiary/aromatic N) is 9. The van der Waals surface area contributed by atoms with E-state index in [1.165, 1.54) is 5.56 Å². The highest BCUT2D eigenvalue weighted by Gasteiger charge is 2.33. The third-order valence-corrected chi connectivity index (χ3v) is 10.6. The molecule has 4 atom stereocenters. The van der Waals surface area contributed by atoms with Crippen LogP contribution in [0.4, 0.5) is 0 Å². The zero-order valence-corrected chi connectivity index (χ0v) is 30.2. The SMILES string of the molecule is C.C.Cc1ccncc1-c1ncc2c(=O)[nH]c(C3CN(Cc4ccccc4)CC3C)nn12.Cc1ccncc1-c1ncc2c(=O)[nH]c(C3CNCC3C)nn12. The highest BCUT2D eigenvalue weighted by atomic mass is 16.1. The second-order valence-electron chi connectivity index (χ2n) is 14.3. The average Bonchev–Trinajstić information content (AvgIpc) is 3.96. The molecule has 8 heterocycles. The predicted octanol–water partition coefficient (Wildman–Crippen LogP) is 5.41. The van der Waals surface area contributed by atoms with E-state index in [-0.39, 0.29) is 37.8 Å². The van der Waals surface area contributed by atoms with E-state index in [1.807, 2.05) is 32.0 Å². The lowest BCUT2D eigenvalue weighted by Gasteiger charge is -2.16. The topological polar surface area (TPSA) is 167 Å². The summed E-state index contributed by atoms with van der Waals surface area (Å²) in [6.07, 6.45) is 10.2. The van der Waals surface area contributed by atoms with E-state index in [4.69, 9.17) is 5.10 Å². The summed E-state index contributed by atoms with van der Waals surface area (Å²) < 4.78 is 3.31. The number of hydrogen-bond acceptors (Lipinski definition) is 10. The molecule has 14 heteroatoms. The van der Waals surface area contributed by atoms with Gasteiger partial charge in [0.05, 0.1) is 12.4 Å². The van der Waals surface area contributed by atoms with Crippen molar-refractivity contribution in [3.63, 3.8) is 0 Å². The van der Waals surface area contributed by atoms with E-state index in [2.05, 4.69) is 83.3 Å². The van der Waals surface area contributed by atoms with Crippen molar-refractivity contribution in [1.29, 1.82) is 0 Å². The molecule has 1 aromatic carbocycles. The van der Waals surface area contributed by atoms with E-state index < -0.39 is 0 Å². The number of aromatic nitrogens is 10. The van der Waals surface area contributed by atoms with Crippen molar-refractivity contribution in [2.75, 3.05) is 26.2 Å². The number of nitrogens with one attached hydrogen (secondary N) is 3.